The Balaban J connectivity index is 2.47. The highest BCUT2D eigenvalue weighted by molar-refractivity contribution is 5.99. The number of carbonyl (C=O) groups excluding carboxylic acids is 1. The van der Waals surface area contributed by atoms with Crippen LogP contribution in [0.25, 0.3) is 0 Å². The number of hydrogen-bond acceptors (Lipinski definition) is 2. The van der Waals surface area contributed by atoms with Gasteiger partial charge in [-0.05, 0) is 38.2 Å². The molecule has 0 unspecified atom stereocenters. The first-order valence-electron chi connectivity index (χ1n) is 5.83. The molecule has 1 aromatic carbocycles. The molecule has 1 rings (SSSR count). The van der Waals surface area contributed by atoms with E-state index < -0.39 is 0 Å². The van der Waals surface area contributed by atoms with Crippen molar-refractivity contribution in [3.8, 4) is 0 Å². The lowest BCUT2D eigenvalue weighted by atomic mass is 10.1. The van der Waals surface area contributed by atoms with Gasteiger partial charge in [0, 0.05) is 18.3 Å². The van der Waals surface area contributed by atoms with Gasteiger partial charge >= 0.3 is 0 Å². The SMILES string of the molecule is CCc1ccc(NC(=O)C=CCN(C)C)cc1. The first-order chi connectivity index (χ1) is 8.11. The van der Waals surface area contributed by atoms with E-state index in [0.717, 1.165) is 18.7 Å². The van der Waals surface area contributed by atoms with Crippen LogP contribution in [0, 0.1) is 0 Å². The number of aryl methyl sites for hydroxylation is 1. The summed E-state index contributed by atoms with van der Waals surface area (Å²) >= 11 is 0. The topological polar surface area (TPSA) is 32.3 Å². The molecule has 0 aliphatic rings. The largest absolute Gasteiger partial charge is 0.323 e. The number of hydrogen-bond donors (Lipinski definition) is 1. The van der Waals surface area contributed by atoms with Crippen molar-refractivity contribution in [2.24, 2.45) is 0 Å². The Labute approximate surface area is 103 Å². The van der Waals surface area contributed by atoms with E-state index in [1.54, 1.807) is 6.08 Å². The number of amides is 1. The van der Waals surface area contributed by atoms with Gasteiger partial charge in [0.1, 0.15) is 0 Å². The number of benzene rings is 1. The van der Waals surface area contributed by atoms with E-state index in [4.69, 9.17) is 0 Å². The molecule has 0 atom stereocenters. The minimum atomic E-state index is -0.0869. The highest BCUT2D eigenvalue weighted by Crippen LogP contribution is 2.09. The molecule has 0 heterocycles. The van der Waals surface area contributed by atoms with Gasteiger partial charge < -0.3 is 10.2 Å². The molecule has 3 nitrogen and oxygen atoms in total. The van der Waals surface area contributed by atoms with Gasteiger partial charge in [-0.1, -0.05) is 25.1 Å². The Hall–Kier alpha value is -1.61. The van der Waals surface area contributed by atoms with E-state index >= 15 is 0 Å². The second kappa shape index (κ2) is 6.86. The number of rotatable bonds is 5. The van der Waals surface area contributed by atoms with Gasteiger partial charge in [-0.2, -0.15) is 0 Å². The lowest BCUT2D eigenvalue weighted by Crippen LogP contribution is -2.12. The fraction of sp³-hybridized carbons (Fsp3) is 0.357. The van der Waals surface area contributed by atoms with E-state index in [0.29, 0.717) is 0 Å². The van der Waals surface area contributed by atoms with E-state index in [1.165, 1.54) is 5.56 Å². The molecule has 17 heavy (non-hydrogen) atoms. The lowest BCUT2D eigenvalue weighted by Gasteiger charge is -2.05. The maximum atomic E-state index is 11.5. The summed E-state index contributed by atoms with van der Waals surface area (Å²) in [4.78, 5) is 13.5. The zero-order chi connectivity index (χ0) is 12.7. The van der Waals surface area contributed by atoms with Crippen LogP contribution in [-0.4, -0.2) is 31.4 Å². The summed E-state index contributed by atoms with van der Waals surface area (Å²) in [6.07, 6.45) is 4.42. The lowest BCUT2D eigenvalue weighted by molar-refractivity contribution is -0.111. The van der Waals surface area contributed by atoms with Gasteiger partial charge in [0.05, 0.1) is 0 Å². The number of nitrogens with one attached hydrogen (secondary N) is 1. The second-order valence-corrected chi connectivity index (χ2v) is 4.20. The smallest absolute Gasteiger partial charge is 0.248 e. The fourth-order valence-corrected chi connectivity index (χ4v) is 1.38. The summed E-state index contributed by atoms with van der Waals surface area (Å²) in [6.45, 7) is 2.87. The molecule has 0 spiro atoms. The summed E-state index contributed by atoms with van der Waals surface area (Å²) in [5.74, 6) is -0.0869. The summed E-state index contributed by atoms with van der Waals surface area (Å²) in [5.41, 5.74) is 2.10. The van der Waals surface area contributed by atoms with Crippen molar-refractivity contribution >= 4 is 11.6 Å². The average Bonchev–Trinajstić information content (AvgIpc) is 2.29. The number of carbonyl (C=O) groups is 1. The molecule has 0 bridgehead atoms. The standard InChI is InChI=1S/C14H20N2O/c1-4-12-7-9-13(10-8-12)15-14(17)6-5-11-16(2)3/h5-10H,4,11H2,1-3H3,(H,15,17). The van der Waals surface area contributed by atoms with Gasteiger partial charge in [0.2, 0.25) is 5.91 Å². The summed E-state index contributed by atoms with van der Waals surface area (Å²) < 4.78 is 0. The van der Waals surface area contributed by atoms with Gasteiger partial charge in [0.15, 0.2) is 0 Å². The van der Waals surface area contributed by atoms with Crippen LogP contribution in [0.15, 0.2) is 36.4 Å². The second-order valence-electron chi connectivity index (χ2n) is 4.20. The van der Waals surface area contributed by atoms with Crippen molar-refractivity contribution in [3.63, 3.8) is 0 Å². The molecule has 0 radical (unpaired) electrons. The van der Waals surface area contributed by atoms with E-state index in [9.17, 15) is 4.79 Å². The van der Waals surface area contributed by atoms with Crippen molar-refractivity contribution in [1.29, 1.82) is 0 Å². The molecule has 92 valence electrons. The Kier molecular flexibility index (Phi) is 5.43. The average molecular weight is 232 g/mol. The number of likely N-dealkylation sites (N-methyl/N-ethyl adjacent to an activating group) is 1. The molecule has 0 saturated heterocycles. The molecule has 0 aromatic heterocycles. The van der Waals surface area contributed by atoms with Gasteiger partial charge in [-0.15, -0.1) is 0 Å². The Bertz CT molecular complexity index is 380. The third kappa shape index (κ3) is 5.31. The first-order valence-corrected chi connectivity index (χ1v) is 5.83. The molecule has 1 aromatic rings. The molecule has 3 heteroatoms. The van der Waals surface area contributed by atoms with Gasteiger partial charge in [-0.25, -0.2) is 0 Å². The highest BCUT2D eigenvalue weighted by atomic mass is 16.1. The maximum Gasteiger partial charge on any atom is 0.248 e. The van der Waals surface area contributed by atoms with Gasteiger partial charge in [-0.3, -0.25) is 4.79 Å². The van der Waals surface area contributed by atoms with Crippen LogP contribution in [0.3, 0.4) is 0 Å². The van der Waals surface area contributed by atoms with E-state index in [1.807, 2.05) is 49.3 Å². The van der Waals surface area contributed by atoms with Crippen molar-refractivity contribution in [2.45, 2.75) is 13.3 Å². The van der Waals surface area contributed by atoms with Crippen LogP contribution in [0.1, 0.15) is 12.5 Å². The monoisotopic (exact) mass is 232 g/mol. The Morgan fingerprint density at radius 2 is 1.94 bits per heavy atom. The van der Waals surface area contributed by atoms with Crippen LogP contribution < -0.4 is 5.32 Å². The van der Waals surface area contributed by atoms with Crippen LogP contribution in [-0.2, 0) is 11.2 Å². The first kappa shape index (κ1) is 13.5. The normalized spacial score (nSPS) is 11.1. The summed E-state index contributed by atoms with van der Waals surface area (Å²) in [7, 11) is 3.93. The molecule has 0 fully saturated rings. The third-order valence-corrected chi connectivity index (χ3v) is 2.37. The predicted molar refractivity (Wildman–Crippen MR) is 72.1 cm³/mol. The van der Waals surface area contributed by atoms with Crippen molar-refractivity contribution < 1.29 is 4.79 Å². The Morgan fingerprint density at radius 3 is 2.47 bits per heavy atom. The summed E-state index contributed by atoms with van der Waals surface area (Å²) in [5, 5.41) is 2.82. The van der Waals surface area contributed by atoms with Crippen LogP contribution >= 0.6 is 0 Å². The minimum absolute atomic E-state index is 0.0869. The number of nitrogens with zero attached hydrogens (tertiary/aromatic N) is 1. The van der Waals surface area contributed by atoms with Crippen molar-refractivity contribution in [1.82, 2.24) is 4.90 Å². The maximum absolute atomic E-state index is 11.5. The van der Waals surface area contributed by atoms with Gasteiger partial charge in [0.25, 0.3) is 0 Å². The molecule has 0 aliphatic heterocycles. The molecular weight excluding hydrogens is 212 g/mol. The molecule has 1 amide bonds. The zero-order valence-corrected chi connectivity index (χ0v) is 10.7. The van der Waals surface area contributed by atoms with Crippen LogP contribution in [0.4, 0.5) is 5.69 Å². The fourth-order valence-electron chi connectivity index (χ4n) is 1.38. The third-order valence-electron chi connectivity index (χ3n) is 2.37. The van der Waals surface area contributed by atoms with E-state index in [-0.39, 0.29) is 5.91 Å². The van der Waals surface area contributed by atoms with Crippen molar-refractivity contribution in [3.05, 3.63) is 42.0 Å². The van der Waals surface area contributed by atoms with Crippen LogP contribution in [0.2, 0.25) is 0 Å². The molecule has 1 N–H and O–H groups in total. The van der Waals surface area contributed by atoms with Crippen LogP contribution in [0.5, 0.6) is 0 Å². The molecule has 0 saturated carbocycles. The minimum Gasteiger partial charge on any atom is -0.323 e. The quantitative estimate of drug-likeness (QED) is 0.790. The Morgan fingerprint density at radius 1 is 1.29 bits per heavy atom. The highest BCUT2D eigenvalue weighted by Gasteiger charge is 1.97. The predicted octanol–water partition coefficient (Wildman–Crippen LogP) is 2.31. The molecular formula is C14H20N2O. The zero-order valence-electron chi connectivity index (χ0n) is 10.7. The van der Waals surface area contributed by atoms with Crippen molar-refractivity contribution in [2.75, 3.05) is 26.0 Å². The summed E-state index contributed by atoms with van der Waals surface area (Å²) in [6, 6.07) is 7.91. The number of anilines is 1. The molecule has 0 aliphatic carbocycles. The van der Waals surface area contributed by atoms with E-state index in [2.05, 4.69) is 12.2 Å².